The molecule has 0 aliphatic carbocycles. The first-order valence-corrected chi connectivity index (χ1v) is 15.3. The van der Waals surface area contributed by atoms with Gasteiger partial charge in [0.1, 0.15) is 11.5 Å². The maximum Gasteiger partial charge on any atom is 0.338 e. The molecule has 5 rings (SSSR count). The Kier molecular flexibility index (Phi) is 9.31. The van der Waals surface area contributed by atoms with E-state index in [0.29, 0.717) is 59.8 Å². The van der Waals surface area contributed by atoms with Gasteiger partial charge in [0.15, 0.2) is 16.3 Å². The third-order valence-corrected chi connectivity index (χ3v) is 8.25. The van der Waals surface area contributed by atoms with E-state index in [9.17, 15) is 14.4 Å². The number of esters is 2. The van der Waals surface area contributed by atoms with Crippen molar-refractivity contribution in [2.75, 3.05) is 20.8 Å². The molecule has 0 amide bonds. The molecule has 0 bridgehead atoms. The Balaban J connectivity index is 1.63. The summed E-state index contributed by atoms with van der Waals surface area (Å²) in [5, 5.41) is 0.380. The van der Waals surface area contributed by atoms with Crippen molar-refractivity contribution in [3.8, 4) is 22.8 Å². The topological polar surface area (TPSA) is 119 Å². The Morgan fingerprint density at radius 2 is 1.87 bits per heavy atom. The fourth-order valence-corrected chi connectivity index (χ4v) is 6.21. The molecular weight excluding hydrogens is 620 g/mol. The van der Waals surface area contributed by atoms with Crippen LogP contribution in [0.25, 0.3) is 17.4 Å². The summed E-state index contributed by atoms with van der Waals surface area (Å²) in [6, 6.07) is 12.6. The Morgan fingerprint density at radius 3 is 2.56 bits per heavy atom. The Morgan fingerprint density at radius 1 is 1.09 bits per heavy atom. The van der Waals surface area contributed by atoms with E-state index >= 15 is 0 Å². The van der Waals surface area contributed by atoms with Crippen LogP contribution in [-0.2, 0) is 14.3 Å². The highest BCUT2D eigenvalue weighted by molar-refractivity contribution is 7.07. The summed E-state index contributed by atoms with van der Waals surface area (Å²) >= 11 is 7.57. The predicted octanol–water partition coefficient (Wildman–Crippen LogP) is 5.29. The van der Waals surface area contributed by atoms with Gasteiger partial charge in [-0.3, -0.25) is 9.36 Å². The number of fused-ring (bicyclic) bond motifs is 1. The molecule has 1 aliphatic heterocycles. The minimum absolute atomic E-state index is 0.0883. The average molecular weight is 651 g/mol. The van der Waals surface area contributed by atoms with Gasteiger partial charge in [0.2, 0.25) is 0 Å². The van der Waals surface area contributed by atoms with Crippen LogP contribution < -0.4 is 24.4 Å². The average Bonchev–Trinajstić information content (AvgIpc) is 3.60. The fourth-order valence-electron chi connectivity index (χ4n) is 4.98. The predicted molar refractivity (Wildman–Crippen MR) is 170 cm³/mol. The third-order valence-electron chi connectivity index (χ3n) is 6.94. The molecule has 234 valence electrons. The van der Waals surface area contributed by atoms with Crippen LogP contribution >= 0.6 is 22.9 Å². The van der Waals surface area contributed by atoms with Crippen molar-refractivity contribution in [3.05, 3.63) is 101 Å². The van der Waals surface area contributed by atoms with Gasteiger partial charge in [-0.15, -0.1) is 0 Å². The molecule has 0 fully saturated rings. The van der Waals surface area contributed by atoms with Crippen LogP contribution in [0.2, 0.25) is 5.02 Å². The molecule has 0 spiro atoms. The highest BCUT2D eigenvalue weighted by Gasteiger charge is 2.34. The second-order valence-corrected chi connectivity index (χ2v) is 11.7. The van der Waals surface area contributed by atoms with Crippen molar-refractivity contribution in [1.29, 1.82) is 0 Å². The number of halogens is 1. The zero-order chi connectivity index (χ0) is 32.4. The van der Waals surface area contributed by atoms with Crippen molar-refractivity contribution in [1.82, 2.24) is 4.57 Å². The zero-order valence-electron chi connectivity index (χ0n) is 25.5. The number of thiazole rings is 1. The lowest BCUT2D eigenvalue weighted by Gasteiger charge is -2.25. The number of nitrogens with zero attached hydrogens (tertiary/aromatic N) is 2. The van der Waals surface area contributed by atoms with E-state index in [4.69, 9.17) is 35.0 Å². The zero-order valence-corrected chi connectivity index (χ0v) is 27.1. The SMILES string of the molecule is CCOC(=O)C1=C(C)N=c2s/c(=C\c3ccc(-c4cc(C(=O)OC)ccc4Cl)o3)c(=O)n2[C@H]1c1ccc(OC(C)C)c(OC)c1. The van der Waals surface area contributed by atoms with Crippen LogP contribution in [0.15, 0.2) is 74.0 Å². The second kappa shape index (κ2) is 13.2. The van der Waals surface area contributed by atoms with Crippen molar-refractivity contribution < 1.29 is 33.0 Å². The Hall–Kier alpha value is -4.61. The molecule has 0 saturated carbocycles. The number of aromatic nitrogens is 1. The minimum Gasteiger partial charge on any atom is -0.493 e. The van der Waals surface area contributed by atoms with Gasteiger partial charge in [0, 0.05) is 11.6 Å². The van der Waals surface area contributed by atoms with Crippen LogP contribution in [-0.4, -0.2) is 43.4 Å². The normalized spacial score (nSPS) is 14.7. The maximum absolute atomic E-state index is 14.0. The third kappa shape index (κ3) is 6.31. The summed E-state index contributed by atoms with van der Waals surface area (Å²) in [7, 11) is 2.83. The molecule has 2 aromatic carbocycles. The van der Waals surface area contributed by atoms with E-state index in [1.165, 1.54) is 18.8 Å². The van der Waals surface area contributed by atoms with Crippen LogP contribution in [0.3, 0.4) is 0 Å². The van der Waals surface area contributed by atoms with Gasteiger partial charge < -0.3 is 23.4 Å². The number of carbonyl (C=O) groups excluding carboxylic acids is 2. The first-order chi connectivity index (χ1) is 21.6. The fraction of sp³-hybridized carbons (Fsp3) is 0.273. The molecule has 0 radical (unpaired) electrons. The highest BCUT2D eigenvalue weighted by atomic mass is 35.5. The van der Waals surface area contributed by atoms with Gasteiger partial charge >= 0.3 is 11.9 Å². The van der Waals surface area contributed by atoms with E-state index < -0.39 is 18.0 Å². The quantitative estimate of drug-likeness (QED) is 0.224. The molecule has 12 heteroatoms. The lowest BCUT2D eigenvalue weighted by atomic mass is 9.95. The van der Waals surface area contributed by atoms with Gasteiger partial charge in [-0.05, 0) is 75.7 Å². The first-order valence-electron chi connectivity index (χ1n) is 14.1. The summed E-state index contributed by atoms with van der Waals surface area (Å²) < 4.78 is 29.5. The van der Waals surface area contributed by atoms with Gasteiger partial charge in [0.05, 0.1) is 59.4 Å². The van der Waals surface area contributed by atoms with E-state index in [1.54, 1.807) is 68.5 Å². The van der Waals surface area contributed by atoms with E-state index in [2.05, 4.69) is 4.99 Å². The van der Waals surface area contributed by atoms with Gasteiger partial charge in [-0.1, -0.05) is 29.0 Å². The van der Waals surface area contributed by atoms with E-state index in [0.717, 1.165) is 11.3 Å². The standard InChI is InChI=1S/C33H31ClN2O8S/c1-7-42-32(39)28-18(4)35-33-36(29(28)19-9-12-25(43-17(2)3)26(15-19)40-5)30(37)27(45-33)16-21-10-13-24(44-21)22-14-20(31(38)41-6)8-11-23(22)34/h8-17,29H,7H2,1-6H3/b27-16-/t29-/m0/s1. The molecule has 0 N–H and O–H groups in total. The summed E-state index contributed by atoms with van der Waals surface area (Å²) in [4.78, 5) is 44.4. The number of benzene rings is 2. The Labute approximate surface area is 267 Å². The van der Waals surface area contributed by atoms with Crippen molar-refractivity contribution in [3.63, 3.8) is 0 Å². The number of methoxy groups -OCH3 is 2. The maximum atomic E-state index is 14.0. The lowest BCUT2D eigenvalue weighted by Crippen LogP contribution is -2.40. The van der Waals surface area contributed by atoms with Crippen LogP contribution in [0, 0.1) is 0 Å². The lowest BCUT2D eigenvalue weighted by molar-refractivity contribution is -0.139. The van der Waals surface area contributed by atoms with E-state index in [1.807, 2.05) is 13.8 Å². The van der Waals surface area contributed by atoms with Crippen molar-refractivity contribution in [2.45, 2.75) is 39.8 Å². The summed E-state index contributed by atoms with van der Waals surface area (Å²) in [5.41, 5.74) is 1.74. The molecule has 10 nitrogen and oxygen atoms in total. The second-order valence-electron chi connectivity index (χ2n) is 10.3. The number of ether oxygens (including phenoxy) is 4. The molecular formula is C33H31ClN2O8S. The molecule has 0 saturated heterocycles. The number of furan rings is 1. The molecule has 2 aromatic heterocycles. The van der Waals surface area contributed by atoms with Crippen LogP contribution in [0.4, 0.5) is 0 Å². The smallest absolute Gasteiger partial charge is 0.338 e. The molecule has 4 aromatic rings. The molecule has 45 heavy (non-hydrogen) atoms. The first kappa shape index (κ1) is 31.8. The molecule has 1 atom stereocenters. The van der Waals surface area contributed by atoms with Gasteiger partial charge in [-0.2, -0.15) is 0 Å². The van der Waals surface area contributed by atoms with Crippen molar-refractivity contribution in [2.24, 2.45) is 4.99 Å². The highest BCUT2D eigenvalue weighted by Crippen LogP contribution is 2.37. The monoisotopic (exact) mass is 650 g/mol. The number of carbonyl (C=O) groups is 2. The van der Waals surface area contributed by atoms with E-state index in [-0.39, 0.29) is 23.8 Å². The number of allylic oxidation sites excluding steroid dienone is 1. The molecule has 3 heterocycles. The number of hydrogen-bond acceptors (Lipinski definition) is 10. The summed E-state index contributed by atoms with van der Waals surface area (Å²) in [6.07, 6.45) is 1.51. The van der Waals surface area contributed by atoms with Crippen molar-refractivity contribution >= 4 is 41.0 Å². The summed E-state index contributed by atoms with van der Waals surface area (Å²) in [6.45, 7) is 7.41. The summed E-state index contributed by atoms with van der Waals surface area (Å²) in [5.74, 6) is 0.698. The minimum atomic E-state index is -0.837. The number of rotatable bonds is 9. The molecule has 1 aliphatic rings. The van der Waals surface area contributed by atoms with Gasteiger partial charge in [0.25, 0.3) is 5.56 Å². The largest absolute Gasteiger partial charge is 0.493 e. The molecule has 0 unspecified atom stereocenters. The van der Waals surface area contributed by atoms with Crippen LogP contribution in [0.5, 0.6) is 11.5 Å². The van der Waals surface area contributed by atoms with Gasteiger partial charge in [-0.25, -0.2) is 14.6 Å². The van der Waals surface area contributed by atoms with Crippen LogP contribution in [0.1, 0.15) is 55.4 Å². The number of hydrogen-bond donors (Lipinski definition) is 0. The Bertz CT molecular complexity index is 2000.